The second kappa shape index (κ2) is 9.93. The van der Waals surface area contributed by atoms with Crippen LogP contribution in [0.4, 0.5) is 0 Å². The van der Waals surface area contributed by atoms with E-state index in [2.05, 4.69) is 11.4 Å². The van der Waals surface area contributed by atoms with Crippen molar-refractivity contribution in [2.75, 3.05) is 7.11 Å². The number of phenolic OH excluding ortho intramolecular Hbond substituents is 1. The number of hydrogen-bond donors (Lipinski definition) is 2. The molecule has 1 amide bonds. The fraction of sp³-hybridized carbons (Fsp3) is 0.471. The number of ether oxygens (including phenoxy) is 1. The Hall–Kier alpha value is -1.91. The van der Waals surface area contributed by atoms with Gasteiger partial charge in [0.25, 0.3) is 0 Å². The molecule has 0 aliphatic heterocycles. The topological polar surface area (TPSA) is 58.6 Å². The zero-order valence-electron chi connectivity index (χ0n) is 13.3. The van der Waals surface area contributed by atoms with Gasteiger partial charge in [0.1, 0.15) is 0 Å². The number of hydrogen-bond acceptors (Lipinski definition) is 3. The van der Waals surface area contributed by atoms with Gasteiger partial charge in [-0.05, 0) is 37.0 Å². The third-order valence-corrected chi connectivity index (χ3v) is 3.20. The maximum absolute atomic E-state index is 11.7. The molecule has 0 aromatic heterocycles. The fourth-order valence-corrected chi connectivity index (χ4v) is 1.98. The Morgan fingerprint density at radius 2 is 2.23 bits per heavy atom. The van der Waals surface area contributed by atoms with Crippen molar-refractivity contribution in [2.45, 2.75) is 45.0 Å². The lowest BCUT2D eigenvalue weighted by Gasteiger charge is -2.08. The standard InChI is InChI=1S/C17H24BNO3/c1-13(18)7-5-3-4-6-8-17(21)19-12-14-9-10-15(20)16(11-14)22-2/h5,7,9-11,13,20H,3-4,6,8,12H2,1-2H3,(H,19,21)/b7-5+. The monoisotopic (exact) mass is 301 g/mol. The van der Waals surface area contributed by atoms with Gasteiger partial charge in [-0.25, -0.2) is 0 Å². The molecular formula is C17H24BNO3. The predicted molar refractivity (Wildman–Crippen MR) is 89.3 cm³/mol. The summed E-state index contributed by atoms with van der Waals surface area (Å²) in [4.78, 5) is 11.7. The minimum atomic E-state index is 0.0308. The van der Waals surface area contributed by atoms with Crippen molar-refractivity contribution in [2.24, 2.45) is 0 Å². The van der Waals surface area contributed by atoms with Gasteiger partial charge in [-0.1, -0.05) is 31.0 Å². The van der Waals surface area contributed by atoms with Gasteiger partial charge in [-0.3, -0.25) is 4.79 Å². The minimum absolute atomic E-state index is 0.0308. The number of allylic oxidation sites excluding steroid dienone is 2. The van der Waals surface area contributed by atoms with Crippen LogP contribution in [0.5, 0.6) is 11.5 Å². The molecule has 0 saturated heterocycles. The zero-order valence-corrected chi connectivity index (χ0v) is 13.3. The van der Waals surface area contributed by atoms with Crippen molar-refractivity contribution in [3.63, 3.8) is 0 Å². The van der Waals surface area contributed by atoms with E-state index in [0.29, 0.717) is 18.7 Å². The van der Waals surface area contributed by atoms with Crippen LogP contribution in [-0.4, -0.2) is 26.0 Å². The zero-order chi connectivity index (χ0) is 16.4. The average molecular weight is 301 g/mol. The Labute approximate surface area is 134 Å². The molecule has 1 atom stereocenters. The number of benzene rings is 1. The van der Waals surface area contributed by atoms with E-state index in [0.717, 1.165) is 24.8 Å². The highest BCUT2D eigenvalue weighted by atomic mass is 16.5. The summed E-state index contributed by atoms with van der Waals surface area (Å²) in [7, 11) is 7.10. The number of carbonyl (C=O) groups is 1. The molecule has 1 aromatic rings. The number of unbranched alkanes of at least 4 members (excludes halogenated alkanes) is 2. The molecule has 1 unspecified atom stereocenters. The lowest BCUT2D eigenvalue weighted by molar-refractivity contribution is -0.121. The Kier molecular flexibility index (Phi) is 8.19. The summed E-state index contributed by atoms with van der Waals surface area (Å²) < 4.78 is 5.03. The quantitative estimate of drug-likeness (QED) is 0.418. The minimum Gasteiger partial charge on any atom is -0.504 e. The first-order valence-corrected chi connectivity index (χ1v) is 7.57. The van der Waals surface area contributed by atoms with E-state index in [1.807, 2.05) is 13.0 Å². The molecule has 0 aliphatic carbocycles. The number of nitrogens with one attached hydrogen (secondary N) is 1. The third kappa shape index (κ3) is 7.20. The van der Waals surface area contributed by atoms with Crippen LogP contribution in [0.15, 0.2) is 30.4 Å². The van der Waals surface area contributed by atoms with Crippen LogP contribution in [0, 0.1) is 0 Å². The lowest BCUT2D eigenvalue weighted by Crippen LogP contribution is -2.22. The molecule has 0 heterocycles. The van der Waals surface area contributed by atoms with Gasteiger partial charge in [-0.15, -0.1) is 0 Å². The molecule has 2 N–H and O–H groups in total. The largest absolute Gasteiger partial charge is 0.504 e. The van der Waals surface area contributed by atoms with E-state index in [9.17, 15) is 9.90 Å². The highest BCUT2D eigenvalue weighted by Crippen LogP contribution is 2.26. The van der Waals surface area contributed by atoms with Gasteiger partial charge < -0.3 is 15.2 Å². The highest BCUT2D eigenvalue weighted by Gasteiger charge is 2.04. The molecule has 0 fully saturated rings. The maximum atomic E-state index is 11.7. The normalized spacial score (nSPS) is 12.3. The van der Waals surface area contributed by atoms with Gasteiger partial charge in [0.15, 0.2) is 11.5 Å². The first-order valence-electron chi connectivity index (χ1n) is 7.57. The van der Waals surface area contributed by atoms with Crippen molar-refractivity contribution in [1.82, 2.24) is 5.32 Å². The second-order valence-electron chi connectivity index (χ2n) is 5.32. The summed E-state index contributed by atoms with van der Waals surface area (Å²) in [6.45, 7) is 2.36. The molecule has 5 heteroatoms. The van der Waals surface area contributed by atoms with E-state index in [4.69, 9.17) is 12.6 Å². The molecule has 118 valence electrons. The molecule has 4 nitrogen and oxygen atoms in total. The Bertz CT molecular complexity index is 501. The molecule has 2 radical (unpaired) electrons. The van der Waals surface area contributed by atoms with Gasteiger partial charge in [-0.2, -0.15) is 0 Å². The van der Waals surface area contributed by atoms with Crippen LogP contribution in [0.3, 0.4) is 0 Å². The number of methoxy groups -OCH3 is 1. The predicted octanol–water partition coefficient (Wildman–Crippen LogP) is 3.11. The lowest BCUT2D eigenvalue weighted by atomic mass is 9.89. The number of carbonyl (C=O) groups excluding carboxylic acids is 1. The van der Waals surface area contributed by atoms with Crippen molar-refractivity contribution in [1.29, 1.82) is 0 Å². The number of rotatable bonds is 9. The smallest absolute Gasteiger partial charge is 0.220 e. The van der Waals surface area contributed by atoms with Crippen LogP contribution in [-0.2, 0) is 11.3 Å². The van der Waals surface area contributed by atoms with Gasteiger partial charge in [0, 0.05) is 13.0 Å². The van der Waals surface area contributed by atoms with E-state index < -0.39 is 0 Å². The van der Waals surface area contributed by atoms with Crippen molar-refractivity contribution >= 4 is 13.8 Å². The van der Waals surface area contributed by atoms with Crippen LogP contribution in [0.2, 0.25) is 5.82 Å². The number of phenols is 1. The molecule has 1 rings (SSSR count). The van der Waals surface area contributed by atoms with E-state index in [-0.39, 0.29) is 17.5 Å². The molecule has 0 saturated carbocycles. The molecule has 22 heavy (non-hydrogen) atoms. The van der Waals surface area contributed by atoms with E-state index in [1.54, 1.807) is 18.2 Å². The highest BCUT2D eigenvalue weighted by molar-refractivity contribution is 6.12. The second-order valence-corrected chi connectivity index (χ2v) is 5.32. The summed E-state index contributed by atoms with van der Waals surface area (Å²) in [6.07, 6.45) is 7.33. The summed E-state index contributed by atoms with van der Waals surface area (Å²) >= 11 is 0. The summed E-state index contributed by atoms with van der Waals surface area (Å²) in [5.41, 5.74) is 0.892. The summed E-state index contributed by atoms with van der Waals surface area (Å²) in [5.74, 6) is 0.624. The maximum Gasteiger partial charge on any atom is 0.220 e. The Morgan fingerprint density at radius 1 is 1.45 bits per heavy atom. The third-order valence-electron chi connectivity index (χ3n) is 3.20. The van der Waals surface area contributed by atoms with Crippen LogP contribution in [0.25, 0.3) is 0 Å². The first-order chi connectivity index (χ1) is 10.5. The SMILES string of the molecule is [B]C(C)/C=C/CCCCC(=O)NCc1ccc(O)c(OC)c1. The van der Waals surface area contributed by atoms with Crippen molar-refractivity contribution in [3.05, 3.63) is 35.9 Å². The number of aromatic hydroxyl groups is 1. The molecule has 0 spiro atoms. The number of amides is 1. The van der Waals surface area contributed by atoms with E-state index in [1.165, 1.54) is 7.11 Å². The Balaban J connectivity index is 2.23. The van der Waals surface area contributed by atoms with Crippen LogP contribution < -0.4 is 10.1 Å². The Morgan fingerprint density at radius 3 is 2.91 bits per heavy atom. The van der Waals surface area contributed by atoms with Crippen molar-refractivity contribution in [3.8, 4) is 11.5 Å². The molecule has 0 bridgehead atoms. The molecular weight excluding hydrogens is 277 g/mol. The summed E-state index contributed by atoms with van der Waals surface area (Å²) in [5, 5.41) is 12.4. The van der Waals surface area contributed by atoms with E-state index >= 15 is 0 Å². The van der Waals surface area contributed by atoms with Crippen LogP contribution in [0.1, 0.15) is 38.2 Å². The van der Waals surface area contributed by atoms with Crippen molar-refractivity contribution < 1.29 is 14.6 Å². The first kappa shape index (κ1) is 18.1. The van der Waals surface area contributed by atoms with Gasteiger partial charge >= 0.3 is 0 Å². The fourth-order valence-electron chi connectivity index (χ4n) is 1.98. The van der Waals surface area contributed by atoms with Crippen LogP contribution >= 0.6 is 0 Å². The molecule has 0 aliphatic rings. The average Bonchev–Trinajstić information content (AvgIpc) is 2.49. The summed E-state index contributed by atoms with van der Waals surface area (Å²) in [6, 6.07) is 5.04. The molecule has 1 aromatic carbocycles. The van der Waals surface area contributed by atoms with Gasteiger partial charge in [0.2, 0.25) is 5.91 Å². The van der Waals surface area contributed by atoms with Gasteiger partial charge in [0.05, 0.1) is 15.0 Å².